The summed E-state index contributed by atoms with van der Waals surface area (Å²) in [6.45, 7) is -1.03. The van der Waals surface area contributed by atoms with E-state index in [0.717, 1.165) is 11.4 Å². The van der Waals surface area contributed by atoms with Gasteiger partial charge < -0.3 is 19.6 Å². The Hall–Kier alpha value is -3.44. The molecule has 30 heavy (non-hydrogen) atoms. The van der Waals surface area contributed by atoms with Gasteiger partial charge in [-0.15, -0.1) is 0 Å². The van der Waals surface area contributed by atoms with Crippen molar-refractivity contribution in [2.75, 3.05) is 7.11 Å². The lowest BCUT2D eigenvalue weighted by molar-refractivity contribution is -0.142. The molecule has 0 aliphatic carbocycles. The molecule has 0 saturated carbocycles. The van der Waals surface area contributed by atoms with Crippen molar-refractivity contribution in [3.63, 3.8) is 0 Å². The van der Waals surface area contributed by atoms with Gasteiger partial charge in [-0.25, -0.2) is 4.98 Å². The number of nitrogens with zero attached hydrogens (tertiary/aromatic N) is 2. The van der Waals surface area contributed by atoms with Gasteiger partial charge in [-0.05, 0) is 25.1 Å². The number of nitrogens with two attached hydrogens (primary N) is 1. The predicted octanol–water partition coefficient (Wildman–Crippen LogP) is 3.08. The summed E-state index contributed by atoms with van der Waals surface area (Å²) in [6, 6.07) is 9.51. The summed E-state index contributed by atoms with van der Waals surface area (Å²) in [6.07, 6.45) is 2.34. The molecule has 8 heteroatoms. The number of carbonyl (C=O) groups excluding carboxylic acids is 1. The molecule has 2 aromatic heterocycles. The number of fused-ring (bicyclic) bond motifs is 1. The number of hydrogen-bond acceptors (Lipinski definition) is 5. The van der Waals surface area contributed by atoms with Crippen molar-refractivity contribution in [2.24, 2.45) is 5.73 Å². The lowest BCUT2D eigenvalue weighted by Crippen LogP contribution is -2.30. The fourth-order valence-electron chi connectivity index (χ4n) is 3.04. The van der Waals surface area contributed by atoms with Crippen LogP contribution in [0.3, 0.4) is 0 Å². The number of pyridine rings is 1. The number of hydrogen-bond donors (Lipinski definition) is 1. The first-order valence-corrected chi connectivity index (χ1v) is 9.21. The molecule has 0 aliphatic heterocycles. The number of carbonyl (C=O) groups is 1. The molecule has 0 fully saturated rings. The smallest absolute Gasteiger partial charge is 0.387 e. The zero-order chi connectivity index (χ0) is 21.7. The van der Waals surface area contributed by atoms with E-state index in [1.807, 2.05) is 29.7 Å². The van der Waals surface area contributed by atoms with Crippen molar-refractivity contribution >= 4 is 11.6 Å². The molecule has 156 valence electrons. The van der Waals surface area contributed by atoms with E-state index in [-0.39, 0.29) is 12.2 Å². The monoisotopic (exact) mass is 413 g/mol. The maximum absolute atomic E-state index is 12.7. The summed E-state index contributed by atoms with van der Waals surface area (Å²) in [7, 11) is 1.27. The van der Waals surface area contributed by atoms with Crippen LogP contribution in [0.4, 0.5) is 8.78 Å². The molecule has 6 nitrogen and oxygen atoms in total. The molecule has 1 aromatic carbocycles. The molecule has 3 aromatic rings. The average Bonchev–Trinajstić information content (AvgIpc) is 3.03. The zero-order valence-corrected chi connectivity index (χ0v) is 16.6. The predicted molar refractivity (Wildman–Crippen MR) is 107 cm³/mol. The SMILES string of the molecule is COC(=O)[C@@H](N)CC#Cc1ccc2nc(C)c(Cc3ccccc3OC(F)F)n2c1. The lowest BCUT2D eigenvalue weighted by atomic mass is 10.1. The van der Waals surface area contributed by atoms with Crippen LogP contribution in [0, 0.1) is 18.8 Å². The number of imidazole rings is 1. The number of esters is 1. The van der Waals surface area contributed by atoms with Crippen molar-refractivity contribution in [3.05, 3.63) is 65.1 Å². The number of ether oxygens (including phenoxy) is 2. The molecular formula is C22H21F2N3O3. The lowest BCUT2D eigenvalue weighted by Gasteiger charge is -2.11. The maximum atomic E-state index is 12.7. The van der Waals surface area contributed by atoms with Gasteiger partial charge in [0.15, 0.2) is 0 Å². The molecule has 0 radical (unpaired) electrons. The summed E-state index contributed by atoms with van der Waals surface area (Å²) in [5, 5.41) is 0. The van der Waals surface area contributed by atoms with Crippen molar-refractivity contribution in [1.29, 1.82) is 0 Å². The Balaban J connectivity index is 1.89. The minimum absolute atomic E-state index is 0.134. The summed E-state index contributed by atoms with van der Waals surface area (Å²) < 4.78 is 36.5. The highest BCUT2D eigenvalue weighted by molar-refractivity contribution is 5.75. The van der Waals surface area contributed by atoms with Crippen LogP contribution < -0.4 is 10.5 Å². The second-order valence-electron chi connectivity index (χ2n) is 6.59. The molecular weight excluding hydrogens is 392 g/mol. The van der Waals surface area contributed by atoms with E-state index < -0.39 is 18.6 Å². The third-order valence-corrected chi connectivity index (χ3v) is 4.52. The average molecular weight is 413 g/mol. The van der Waals surface area contributed by atoms with Crippen molar-refractivity contribution in [1.82, 2.24) is 9.38 Å². The van der Waals surface area contributed by atoms with E-state index in [0.29, 0.717) is 23.2 Å². The van der Waals surface area contributed by atoms with Gasteiger partial charge in [0.05, 0.1) is 12.8 Å². The van der Waals surface area contributed by atoms with Crippen LogP contribution in [0.1, 0.15) is 28.9 Å². The van der Waals surface area contributed by atoms with E-state index in [1.54, 1.807) is 18.2 Å². The van der Waals surface area contributed by atoms with Gasteiger partial charge in [0.1, 0.15) is 17.4 Å². The van der Waals surface area contributed by atoms with Gasteiger partial charge in [-0.1, -0.05) is 30.0 Å². The second-order valence-corrected chi connectivity index (χ2v) is 6.59. The molecule has 0 bridgehead atoms. The first-order chi connectivity index (χ1) is 14.4. The molecule has 0 amide bonds. The number of aryl methyl sites for hydroxylation is 1. The second kappa shape index (κ2) is 9.37. The minimum atomic E-state index is -2.90. The number of aromatic nitrogens is 2. The number of halogens is 2. The first-order valence-electron chi connectivity index (χ1n) is 9.21. The quantitative estimate of drug-likeness (QED) is 0.496. The summed E-state index contributed by atoms with van der Waals surface area (Å²) in [4.78, 5) is 15.9. The van der Waals surface area contributed by atoms with E-state index in [1.165, 1.54) is 13.2 Å². The van der Waals surface area contributed by atoms with Crippen LogP contribution in [0.2, 0.25) is 0 Å². The first kappa shape index (κ1) is 21.3. The molecule has 0 spiro atoms. The van der Waals surface area contributed by atoms with Crippen molar-refractivity contribution < 1.29 is 23.0 Å². The van der Waals surface area contributed by atoms with Crippen molar-refractivity contribution in [2.45, 2.75) is 32.4 Å². The van der Waals surface area contributed by atoms with E-state index in [4.69, 9.17) is 5.73 Å². The van der Waals surface area contributed by atoms with Crippen LogP contribution >= 0.6 is 0 Å². The van der Waals surface area contributed by atoms with E-state index in [2.05, 4.69) is 26.3 Å². The number of rotatable bonds is 6. The minimum Gasteiger partial charge on any atom is -0.468 e. The molecule has 0 saturated heterocycles. The molecule has 0 unspecified atom stereocenters. The fraction of sp³-hybridized carbons (Fsp3) is 0.273. The Bertz CT molecular complexity index is 1120. The summed E-state index contributed by atoms with van der Waals surface area (Å²) in [5.74, 6) is 5.47. The number of alkyl halides is 2. The molecule has 2 N–H and O–H groups in total. The third kappa shape index (κ3) is 4.93. The highest BCUT2D eigenvalue weighted by atomic mass is 19.3. The molecule has 2 heterocycles. The Morgan fingerprint density at radius 3 is 2.77 bits per heavy atom. The number of methoxy groups -OCH3 is 1. The van der Waals surface area contributed by atoms with Gasteiger partial charge in [0, 0.05) is 35.9 Å². The standard InChI is InChI=1S/C22H21F2N3O3/c1-14-18(12-16-7-3-4-9-19(16)30-22(23)24)27-13-15(10-11-20(27)26-14)6-5-8-17(25)21(28)29-2/h3-4,7,9-11,13,17,22H,8,12,25H2,1-2H3/t17-/m0/s1. The Morgan fingerprint density at radius 2 is 2.03 bits per heavy atom. The van der Waals surface area contributed by atoms with Gasteiger partial charge >= 0.3 is 12.6 Å². The maximum Gasteiger partial charge on any atom is 0.387 e. The van der Waals surface area contributed by atoms with Crippen molar-refractivity contribution in [3.8, 4) is 17.6 Å². The molecule has 1 atom stereocenters. The molecule has 3 rings (SSSR count). The third-order valence-electron chi connectivity index (χ3n) is 4.52. The highest BCUT2D eigenvalue weighted by Crippen LogP contribution is 2.25. The summed E-state index contributed by atoms with van der Waals surface area (Å²) in [5.41, 5.74) is 9.35. The topological polar surface area (TPSA) is 78.9 Å². The van der Waals surface area contributed by atoms with Gasteiger partial charge in [0.2, 0.25) is 0 Å². The Kier molecular flexibility index (Phi) is 6.65. The van der Waals surface area contributed by atoms with Gasteiger partial charge in [0.25, 0.3) is 0 Å². The molecule has 0 aliphatic rings. The van der Waals surface area contributed by atoms with Gasteiger partial charge in [-0.2, -0.15) is 8.78 Å². The van der Waals surface area contributed by atoms with Crippen LogP contribution in [0.15, 0.2) is 42.6 Å². The van der Waals surface area contributed by atoms with Crippen LogP contribution in [-0.2, 0) is 16.0 Å². The van der Waals surface area contributed by atoms with Crippen LogP contribution in [0.5, 0.6) is 5.75 Å². The van der Waals surface area contributed by atoms with Crippen LogP contribution in [0.25, 0.3) is 5.65 Å². The zero-order valence-electron chi connectivity index (χ0n) is 16.6. The Morgan fingerprint density at radius 1 is 1.27 bits per heavy atom. The van der Waals surface area contributed by atoms with E-state index in [9.17, 15) is 13.6 Å². The fourth-order valence-corrected chi connectivity index (χ4v) is 3.04. The van der Waals surface area contributed by atoms with Gasteiger partial charge in [-0.3, -0.25) is 4.79 Å². The Labute approximate surface area is 172 Å². The largest absolute Gasteiger partial charge is 0.468 e. The highest BCUT2D eigenvalue weighted by Gasteiger charge is 2.15. The number of benzene rings is 1. The van der Waals surface area contributed by atoms with E-state index >= 15 is 0 Å². The normalized spacial score (nSPS) is 11.8. The summed E-state index contributed by atoms with van der Waals surface area (Å²) >= 11 is 0. The number of para-hydroxylation sites is 1. The van der Waals surface area contributed by atoms with Crippen LogP contribution in [-0.4, -0.2) is 35.1 Å².